The molecule has 31 heavy (non-hydrogen) atoms. The van der Waals surface area contributed by atoms with Crippen LogP contribution in [-0.4, -0.2) is 29.9 Å². The number of aryl methyl sites for hydroxylation is 2. The predicted molar refractivity (Wildman–Crippen MR) is 119 cm³/mol. The number of nitrogens with one attached hydrogen (secondary N) is 1. The highest BCUT2D eigenvalue weighted by Crippen LogP contribution is 2.32. The Morgan fingerprint density at radius 3 is 2.45 bits per heavy atom. The SMILES string of the molecule is Cc1cc(C)cc(OCCN2C(=O)C(Nc3cccc(F)c3)=C(c3cccs3)C2=O)c1. The lowest BCUT2D eigenvalue weighted by atomic mass is 10.1. The number of anilines is 1. The van der Waals surface area contributed by atoms with E-state index in [1.54, 1.807) is 18.2 Å². The highest BCUT2D eigenvalue weighted by molar-refractivity contribution is 7.11. The number of nitrogens with zero attached hydrogens (tertiary/aromatic N) is 1. The Morgan fingerprint density at radius 2 is 1.77 bits per heavy atom. The second-order valence-corrected chi connectivity index (χ2v) is 8.24. The molecule has 5 nitrogen and oxygen atoms in total. The summed E-state index contributed by atoms with van der Waals surface area (Å²) in [6.07, 6.45) is 0. The molecule has 2 aromatic carbocycles. The molecule has 158 valence electrons. The Labute approximate surface area is 183 Å². The summed E-state index contributed by atoms with van der Waals surface area (Å²) in [5.41, 5.74) is 2.98. The fourth-order valence-corrected chi connectivity index (χ4v) is 4.29. The van der Waals surface area contributed by atoms with Gasteiger partial charge in [-0.2, -0.15) is 0 Å². The van der Waals surface area contributed by atoms with Crippen LogP contribution in [0.2, 0.25) is 0 Å². The van der Waals surface area contributed by atoms with Crippen LogP contribution in [0.5, 0.6) is 5.75 Å². The maximum absolute atomic E-state index is 13.6. The Hall–Kier alpha value is -3.45. The number of hydrogen-bond acceptors (Lipinski definition) is 5. The zero-order valence-corrected chi connectivity index (χ0v) is 18.0. The summed E-state index contributed by atoms with van der Waals surface area (Å²) < 4.78 is 19.4. The van der Waals surface area contributed by atoms with Gasteiger partial charge in [0.15, 0.2) is 0 Å². The molecule has 2 amide bonds. The first kappa shape index (κ1) is 20.8. The third-order valence-corrected chi connectivity index (χ3v) is 5.70. The van der Waals surface area contributed by atoms with E-state index < -0.39 is 17.6 Å². The third kappa shape index (κ3) is 4.51. The third-order valence-electron chi connectivity index (χ3n) is 4.81. The van der Waals surface area contributed by atoms with E-state index in [-0.39, 0.29) is 24.4 Å². The summed E-state index contributed by atoms with van der Waals surface area (Å²) in [4.78, 5) is 28.1. The molecule has 4 rings (SSSR count). The average Bonchev–Trinajstić information content (AvgIpc) is 3.30. The number of thiophene rings is 1. The van der Waals surface area contributed by atoms with Crippen LogP contribution >= 0.6 is 11.3 Å². The molecule has 0 radical (unpaired) electrons. The highest BCUT2D eigenvalue weighted by atomic mass is 32.1. The molecule has 1 aliphatic rings. The Balaban J connectivity index is 1.54. The van der Waals surface area contributed by atoms with Crippen LogP contribution in [0.4, 0.5) is 10.1 Å². The van der Waals surface area contributed by atoms with Crippen molar-refractivity contribution in [2.45, 2.75) is 13.8 Å². The van der Waals surface area contributed by atoms with Gasteiger partial charge in [0.25, 0.3) is 11.8 Å². The summed E-state index contributed by atoms with van der Waals surface area (Å²) in [7, 11) is 0. The van der Waals surface area contributed by atoms with Crippen LogP contribution in [0.15, 0.2) is 65.7 Å². The van der Waals surface area contributed by atoms with E-state index in [2.05, 4.69) is 5.32 Å². The first-order valence-electron chi connectivity index (χ1n) is 9.80. The summed E-state index contributed by atoms with van der Waals surface area (Å²) >= 11 is 1.37. The molecule has 0 spiro atoms. The van der Waals surface area contributed by atoms with Gasteiger partial charge in [0, 0.05) is 10.6 Å². The summed E-state index contributed by atoms with van der Waals surface area (Å²) in [5, 5.41) is 4.79. The van der Waals surface area contributed by atoms with Crippen LogP contribution in [0.3, 0.4) is 0 Å². The van der Waals surface area contributed by atoms with Crippen LogP contribution < -0.4 is 10.1 Å². The number of rotatable bonds is 7. The quantitative estimate of drug-likeness (QED) is 0.542. The van der Waals surface area contributed by atoms with Crippen LogP contribution in [0.1, 0.15) is 16.0 Å². The summed E-state index contributed by atoms with van der Waals surface area (Å²) in [6.45, 7) is 4.24. The first-order valence-corrected chi connectivity index (χ1v) is 10.7. The molecule has 3 aromatic rings. The molecule has 1 aromatic heterocycles. The van der Waals surface area contributed by atoms with Crippen LogP contribution in [0, 0.1) is 19.7 Å². The van der Waals surface area contributed by atoms with E-state index in [4.69, 9.17) is 4.74 Å². The number of halogens is 1. The number of carbonyl (C=O) groups excluding carboxylic acids is 2. The van der Waals surface area contributed by atoms with E-state index in [1.165, 1.54) is 28.4 Å². The van der Waals surface area contributed by atoms with Crippen LogP contribution in [0.25, 0.3) is 5.57 Å². The van der Waals surface area contributed by atoms with E-state index in [0.29, 0.717) is 16.3 Å². The topological polar surface area (TPSA) is 58.6 Å². The zero-order chi connectivity index (χ0) is 22.0. The molecule has 1 N–H and O–H groups in total. The van der Waals surface area contributed by atoms with Crippen molar-refractivity contribution in [2.75, 3.05) is 18.5 Å². The van der Waals surface area contributed by atoms with Gasteiger partial charge in [0.1, 0.15) is 23.9 Å². The zero-order valence-electron chi connectivity index (χ0n) is 17.1. The van der Waals surface area contributed by atoms with Gasteiger partial charge in [0.2, 0.25) is 0 Å². The van der Waals surface area contributed by atoms with Crippen LogP contribution in [-0.2, 0) is 9.59 Å². The van der Waals surface area contributed by atoms with Gasteiger partial charge in [0.05, 0.1) is 12.1 Å². The fraction of sp³-hybridized carbons (Fsp3) is 0.167. The summed E-state index contributed by atoms with van der Waals surface area (Å²) in [6, 6.07) is 15.2. The smallest absolute Gasteiger partial charge is 0.278 e. The van der Waals surface area contributed by atoms with Crippen molar-refractivity contribution in [2.24, 2.45) is 0 Å². The van der Waals surface area contributed by atoms with Crippen molar-refractivity contribution in [3.8, 4) is 5.75 Å². The molecule has 0 saturated heterocycles. The van der Waals surface area contributed by atoms with E-state index in [9.17, 15) is 14.0 Å². The van der Waals surface area contributed by atoms with Crippen molar-refractivity contribution in [3.63, 3.8) is 0 Å². The molecule has 2 heterocycles. The van der Waals surface area contributed by atoms with Gasteiger partial charge in [-0.25, -0.2) is 4.39 Å². The highest BCUT2D eigenvalue weighted by Gasteiger charge is 2.39. The monoisotopic (exact) mass is 436 g/mol. The van der Waals surface area contributed by atoms with Gasteiger partial charge < -0.3 is 10.1 Å². The van der Waals surface area contributed by atoms with Gasteiger partial charge in [-0.1, -0.05) is 18.2 Å². The normalized spacial score (nSPS) is 13.8. The van der Waals surface area contributed by atoms with Crippen molar-refractivity contribution in [3.05, 3.63) is 87.5 Å². The van der Waals surface area contributed by atoms with Gasteiger partial charge >= 0.3 is 0 Å². The van der Waals surface area contributed by atoms with E-state index in [0.717, 1.165) is 11.1 Å². The minimum absolute atomic E-state index is 0.105. The Morgan fingerprint density at radius 1 is 1.00 bits per heavy atom. The van der Waals surface area contributed by atoms with Crippen molar-refractivity contribution >= 4 is 34.4 Å². The number of amides is 2. The van der Waals surface area contributed by atoms with Gasteiger partial charge in [-0.15, -0.1) is 11.3 Å². The Bertz CT molecular complexity index is 1150. The molecule has 1 aliphatic heterocycles. The molecule has 7 heteroatoms. The van der Waals surface area contributed by atoms with E-state index in [1.807, 2.05) is 43.5 Å². The first-order chi connectivity index (χ1) is 14.9. The van der Waals surface area contributed by atoms with Crippen molar-refractivity contribution in [1.29, 1.82) is 0 Å². The minimum Gasteiger partial charge on any atom is -0.492 e. The molecular weight excluding hydrogens is 415 g/mol. The molecule has 0 saturated carbocycles. The number of carbonyl (C=O) groups is 2. The molecule has 0 aliphatic carbocycles. The summed E-state index contributed by atoms with van der Waals surface area (Å²) in [5.74, 6) is -0.586. The molecular formula is C24H21FN2O3S. The van der Waals surface area contributed by atoms with Gasteiger partial charge in [-0.3, -0.25) is 14.5 Å². The fourth-order valence-electron chi connectivity index (χ4n) is 3.53. The van der Waals surface area contributed by atoms with Crippen molar-refractivity contribution < 1.29 is 18.7 Å². The predicted octanol–water partition coefficient (Wildman–Crippen LogP) is 4.78. The lowest BCUT2D eigenvalue weighted by molar-refractivity contribution is -0.137. The molecule has 0 atom stereocenters. The number of benzene rings is 2. The lowest BCUT2D eigenvalue weighted by Crippen LogP contribution is -2.36. The molecule has 0 bridgehead atoms. The number of imide groups is 1. The molecule has 0 fully saturated rings. The number of ether oxygens (including phenoxy) is 1. The maximum atomic E-state index is 13.6. The minimum atomic E-state index is -0.457. The van der Waals surface area contributed by atoms with Crippen molar-refractivity contribution in [1.82, 2.24) is 4.90 Å². The molecule has 0 unspecified atom stereocenters. The second-order valence-electron chi connectivity index (χ2n) is 7.30. The number of hydrogen-bond donors (Lipinski definition) is 1. The standard InChI is InChI=1S/C24H21FN2O3S/c1-15-11-16(2)13-19(12-15)30-9-8-27-23(28)21(20-7-4-10-31-20)22(24(27)29)26-18-6-3-5-17(25)14-18/h3-7,10-14,26H,8-9H2,1-2H3. The maximum Gasteiger partial charge on any atom is 0.278 e. The second kappa shape index (κ2) is 8.73. The van der Waals surface area contributed by atoms with Gasteiger partial charge in [-0.05, 0) is 66.8 Å². The lowest BCUT2D eigenvalue weighted by Gasteiger charge is -2.16. The Kier molecular flexibility index (Phi) is 5.86. The largest absolute Gasteiger partial charge is 0.492 e. The van der Waals surface area contributed by atoms with E-state index >= 15 is 0 Å². The average molecular weight is 437 g/mol.